The van der Waals surface area contributed by atoms with Gasteiger partial charge in [0.1, 0.15) is 5.69 Å². The molecule has 3 N–H and O–H groups in total. The fourth-order valence-corrected chi connectivity index (χ4v) is 1.89. The highest BCUT2D eigenvalue weighted by molar-refractivity contribution is 6.00. The molecule has 0 aliphatic rings. The second-order valence-electron chi connectivity index (χ2n) is 4.09. The normalized spacial score (nSPS) is 10.4. The standard InChI is InChI=1S/C12H13N3O4/c1-6-9(7(2)15-10(6)12(17)18)11(16)13-5-8-3-4-14-19-8/h3-4,15H,5H2,1-2H3,(H,13,16)(H,17,18). The average Bonchev–Trinajstić information content (AvgIpc) is 2.94. The molecule has 2 aromatic heterocycles. The van der Waals surface area contributed by atoms with Gasteiger partial charge in [-0.3, -0.25) is 4.79 Å². The van der Waals surface area contributed by atoms with E-state index in [2.05, 4.69) is 15.5 Å². The first kappa shape index (κ1) is 12.9. The Kier molecular flexibility index (Phi) is 3.37. The molecular formula is C12H13N3O4. The van der Waals surface area contributed by atoms with Crippen LogP contribution in [0.2, 0.25) is 0 Å². The van der Waals surface area contributed by atoms with Gasteiger partial charge in [-0.15, -0.1) is 0 Å². The molecule has 0 saturated carbocycles. The zero-order chi connectivity index (χ0) is 14.0. The number of carbonyl (C=O) groups excluding carboxylic acids is 1. The van der Waals surface area contributed by atoms with Crippen LogP contribution in [0, 0.1) is 13.8 Å². The monoisotopic (exact) mass is 263 g/mol. The number of aromatic carboxylic acids is 1. The highest BCUT2D eigenvalue weighted by Crippen LogP contribution is 2.17. The number of rotatable bonds is 4. The van der Waals surface area contributed by atoms with E-state index in [1.165, 1.54) is 6.20 Å². The number of aromatic nitrogens is 2. The molecule has 0 unspecified atom stereocenters. The number of nitrogens with one attached hydrogen (secondary N) is 2. The Bertz CT molecular complexity index is 613. The molecule has 0 aromatic carbocycles. The van der Waals surface area contributed by atoms with E-state index in [0.717, 1.165) is 0 Å². The minimum Gasteiger partial charge on any atom is -0.477 e. The Morgan fingerprint density at radius 3 is 2.74 bits per heavy atom. The minimum atomic E-state index is -1.09. The number of hydrogen-bond acceptors (Lipinski definition) is 4. The van der Waals surface area contributed by atoms with Gasteiger partial charge in [0.15, 0.2) is 5.76 Å². The van der Waals surface area contributed by atoms with Gasteiger partial charge < -0.3 is 19.9 Å². The molecule has 0 aliphatic heterocycles. The topological polar surface area (TPSA) is 108 Å². The van der Waals surface area contributed by atoms with E-state index in [4.69, 9.17) is 9.63 Å². The summed E-state index contributed by atoms with van der Waals surface area (Å²) in [4.78, 5) is 25.7. The molecule has 7 heteroatoms. The van der Waals surface area contributed by atoms with Gasteiger partial charge in [-0.05, 0) is 19.4 Å². The molecule has 0 aliphatic carbocycles. The Morgan fingerprint density at radius 1 is 1.47 bits per heavy atom. The van der Waals surface area contributed by atoms with Crippen LogP contribution in [-0.4, -0.2) is 27.1 Å². The minimum absolute atomic E-state index is 0.0299. The lowest BCUT2D eigenvalue weighted by Crippen LogP contribution is -2.23. The Labute approximate surface area is 108 Å². The van der Waals surface area contributed by atoms with Gasteiger partial charge in [0.25, 0.3) is 5.91 Å². The third kappa shape index (κ3) is 2.49. The van der Waals surface area contributed by atoms with Gasteiger partial charge >= 0.3 is 5.97 Å². The van der Waals surface area contributed by atoms with Crippen molar-refractivity contribution < 1.29 is 19.2 Å². The molecule has 7 nitrogen and oxygen atoms in total. The molecular weight excluding hydrogens is 250 g/mol. The SMILES string of the molecule is Cc1[nH]c(C(=O)O)c(C)c1C(=O)NCc1ccno1. The highest BCUT2D eigenvalue weighted by Gasteiger charge is 2.21. The van der Waals surface area contributed by atoms with Crippen molar-refractivity contribution >= 4 is 11.9 Å². The number of amides is 1. The van der Waals surface area contributed by atoms with E-state index >= 15 is 0 Å². The number of aryl methyl sites for hydroxylation is 1. The first-order valence-corrected chi connectivity index (χ1v) is 5.61. The predicted octanol–water partition coefficient (Wildman–Crippen LogP) is 1.25. The van der Waals surface area contributed by atoms with E-state index in [9.17, 15) is 9.59 Å². The lowest BCUT2D eigenvalue weighted by atomic mass is 10.1. The maximum absolute atomic E-state index is 12.0. The fraction of sp³-hybridized carbons (Fsp3) is 0.250. The van der Waals surface area contributed by atoms with Crippen molar-refractivity contribution in [3.8, 4) is 0 Å². The van der Waals surface area contributed by atoms with Gasteiger partial charge in [0.2, 0.25) is 0 Å². The Morgan fingerprint density at radius 2 is 2.21 bits per heavy atom. The first-order chi connectivity index (χ1) is 9.00. The Balaban J connectivity index is 2.17. The summed E-state index contributed by atoms with van der Waals surface area (Å²) in [7, 11) is 0. The molecule has 0 bridgehead atoms. The predicted molar refractivity (Wildman–Crippen MR) is 64.9 cm³/mol. The second kappa shape index (κ2) is 4.97. The van der Waals surface area contributed by atoms with Crippen molar-refractivity contribution in [3.63, 3.8) is 0 Å². The zero-order valence-corrected chi connectivity index (χ0v) is 10.5. The lowest BCUT2D eigenvalue weighted by Gasteiger charge is -2.03. The molecule has 0 saturated heterocycles. The summed E-state index contributed by atoms with van der Waals surface area (Å²) in [5.41, 5.74) is 1.31. The van der Waals surface area contributed by atoms with Gasteiger partial charge in [0.05, 0.1) is 18.3 Å². The molecule has 0 fully saturated rings. The van der Waals surface area contributed by atoms with Gasteiger partial charge in [0, 0.05) is 11.8 Å². The first-order valence-electron chi connectivity index (χ1n) is 5.61. The van der Waals surface area contributed by atoms with E-state index in [0.29, 0.717) is 22.6 Å². The summed E-state index contributed by atoms with van der Waals surface area (Å²) < 4.78 is 4.86. The summed E-state index contributed by atoms with van der Waals surface area (Å²) >= 11 is 0. The van der Waals surface area contributed by atoms with Crippen LogP contribution in [0.4, 0.5) is 0 Å². The van der Waals surface area contributed by atoms with E-state index < -0.39 is 5.97 Å². The van der Waals surface area contributed by atoms with Gasteiger partial charge in [-0.2, -0.15) is 0 Å². The molecule has 100 valence electrons. The van der Waals surface area contributed by atoms with Crippen LogP contribution in [0.25, 0.3) is 0 Å². The van der Waals surface area contributed by atoms with E-state index in [-0.39, 0.29) is 18.1 Å². The molecule has 0 spiro atoms. The largest absolute Gasteiger partial charge is 0.477 e. The third-order valence-electron chi connectivity index (χ3n) is 2.79. The number of carbonyl (C=O) groups is 2. The number of aromatic amines is 1. The van der Waals surface area contributed by atoms with Crippen LogP contribution in [0.1, 0.15) is 37.9 Å². The highest BCUT2D eigenvalue weighted by atomic mass is 16.5. The van der Waals surface area contributed by atoms with Crippen molar-refractivity contribution in [2.45, 2.75) is 20.4 Å². The number of nitrogens with zero attached hydrogens (tertiary/aromatic N) is 1. The van der Waals surface area contributed by atoms with Gasteiger partial charge in [-0.25, -0.2) is 4.79 Å². The molecule has 1 amide bonds. The molecule has 0 radical (unpaired) electrons. The smallest absolute Gasteiger partial charge is 0.352 e. The molecule has 2 heterocycles. The Hall–Kier alpha value is -2.57. The second-order valence-corrected chi connectivity index (χ2v) is 4.09. The van der Waals surface area contributed by atoms with E-state index in [1.54, 1.807) is 19.9 Å². The quantitative estimate of drug-likeness (QED) is 0.769. The van der Waals surface area contributed by atoms with Crippen molar-refractivity contribution in [2.75, 3.05) is 0 Å². The maximum atomic E-state index is 12.0. The maximum Gasteiger partial charge on any atom is 0.352 e. The van der Waals surface area contributed by atoms with Crippen LogP contribution < -0.4 is 5.32 Å². The van der Waals surface area contributed by atoms with Crippen LogP contribution in [0.15, 0.2) is 16.8 Å². The molecule has 2 aromatic rings. The summed E-state index contributed by atoms with van der Waals surface area (Å²) in [6.45, 7) is 3.45. The summed E-state index contributed by atoms with van der Waals surface area (Å²) in [5, 5.41) is 15.2. The number of carboxylic acids is 1. The van der Waals surface area contributed by atoms with Crippen molar-refractivity contribution in [1.82, 2.24) is 15.5 Å². The molecule has 2 rings (SSSR count). The van der Waals surface area contributed by atoms with Crippen LogP contribution in [-0.2, 0) is 6.54 Å². The molecule has 19 heavy (non-hydrogen) atoms. The van der Waals surface area contributed by atoms with Crippen LogP contribution >= 0.6 is 0 Å². The van der Waals surface area contributed by atoms with Crippen molar-refractivity contribution in [2.24, 2.45) is 0 Å². The lowest BCUT2D eigenvalue weighted by molar-refractivity contribution is 0.0690. The third-order valence-corrected chi connectivity index (χ3v) is 2.79. The molecule has 0 atom stereocenters. The summed E-state index contributed by atoms with van der Waals surface area (Å²) in [5.74, 6) is -0.914. The summed E-state index contributed by atoms with van der Waals surface area (Å²) in [6.07, 6.45) is 1.48. The number of carboxylic acid groups (broad SMARTS) is 1. The van der Waals surface area contributed by atoms with Crippen LogP contribution in [0.3, 0.4) is 0 Å². The van der Waals surface area contributed by atoms with Crippen molar-refractivity contribution in [1.29, 1.82) is 0 Å². The number of H-pyrrole nitrogens is 1. The fourth-order valence-electron chi connectivity index (χ4n) is 1.89. The average molecular weight is 263 g/mol. The number of hydrogen-bond donors (Lipinski definition) is 3. The van der Waals surface area contributed by atoms with Crippen LogP contribution in [0.5, 0.6) is 0 Å². The van der Waals surface area contributed by atoms with Gasteiger partial charge in [-0.1, -0.05) is 5.16 Å². The van der Waals surface area contributed by atoms with Crippen molar-refractivity contribution in [3.05, 3.63) is 40.5 Å². The van der Waals surface area contributed by atoms with E-state index in [1.807, 2.05) is 0 Å². The zero-order valence-electron chi connectivity index (χ0n) is 10.5. The summed E-state index contributed by atoms with van der Waals surface area (Å²) in [6, 6.07) is 1.64.